The van der Waals surface area contributed by atoms with E-state index in [4.69, 9.17) is 4.74 Å². The molecule has 0 spiro atoms. The molecule has 0 amide bonds. The molecule has 0 aromatic heterocycles. The van der Waals surface area contributed by atoms with Gasteiger partial charge in [0.05, 0.1) is 5.92 Å². The van der Waals surface area contributed by atoms with E-state index in [-0.39, 0.29) is 18.0 Å². The maximum absolute atomic E-state index is 11.5. The van der Waals surface area contributed by atoms with Crippen molar-refractivity contribution < 1.29 is 9.53 Å². The van der Waals surface area contributed by atoms with Gasteiger partial charge in [0.2, 0.25) is 0 Å². The van der Waals surface area contributed by atoms with Crippen LogP contribution in [-0.2, 0) is 9.53 Å². The van der Waals surface area contributed by atoms with Crippen molar-refractivity contribution in [3.63, 3.8) is 0 Å². The van der Waals surface area contributed by atoms with Crippen LogP contribution in [0.25, 0.3) is 0 Å². The van der Waals surface area contributed by atoms with Gasteiger partial charge in [0.25, 0.3) is 0 Å². The van der Waals surface area contributed by atoms with E-state index in [0.29, 0.717) is 23.7 Å². The van der Waals surface area contributed by atoms with Crippen LogP contribution < -0.4 is 0 Å². The third-order valence-corrected chi connectivity index (χ3v) is 4.00. The summed E-state index contributed by atoms with van der Waals surface area (Å²) in [5.74, 6) is 2.43. The molecule has 13 heavy (non-hydrogen) atoms. The van der Waals surface area contributed by atoms with Crippen molar-refractivity contribution in [2.24, 2.45) is 29.6 Å². The Labute approximate surface area is 76.3 Å². The van der Waals surface area contributed by atoms with E-state index < -0.39 is 0 Å². The Bertz CT molecular complexity index is 355. The molecule has 6 atom stereocenters. The summed E-state index contributed by atoms with van der Waals surface area (Å²) in [5.41, 5.74) is 0. The molecule has 1 saturated heterocycles. The number of fused-ring (bicyclic) bond motifs is 1. The Kier molecular flexibility index (Phi) is 0.859. The smallest absolute Gasteiger partial charge is 0.310 e. The number of rotatable bonds is 0. The predicted octanol–water partition coefficient (Wildman–Crippen LogP) is 1.15. The first-order valence-corrected chi connectivity index (χ1v) is 4.93. The standard InChI is InChI=1S/C11H10O2/c12-11-10-7-2-1-5-6(9(5)10)3-4-8(7)13-11/h1-10H/t5-,6-,7-,8+,9-,10+/m1/s1. The molecule has 66 valence electrons. The number of hydrogen-bond acceptors (Lipinski definition) is 2. The number of carbonyl (C=O) groups is 1. The summed E-state index contributed by atoms with van der Waals surface area (Å²) in [5, 5.41) is 0. The fraction of sp³-hybridized carbons (Fsp3) is 0.545. The number of ether oxygens (including phenoxy) is 1. The summed E-state index contributed by atoms with van der Waals surface area (Å²) in [7, 11) is 0. The normalized spacial score (nSPS) is 58.9. The summed E-state index contributed by atoms with van der Waals surface area (Å²) in [6, 6.07) is 0. The van der Waals surface area contributed by atoms with Crippen LogP contribution in [0.1, 0.15) is 0 Å². The summed E-state index contributed by atoms with van der Waals surface area (Å²) >= 11 is 0. The number of carbonyl (C=O) groups excluding carboxylic acids is 1. The highest BCUT2D eigenvalue weighted by Gasteiger charge is 2.63. The minimum atomic E-state index is 0.0428. The second-order valence-electron chi connectivity index (χ2n) is 4.51. The van der Waals surface area contributed by atoms with Crippen LogP contribution >= 0.6 is 0 Å². The van der Waals surface area contributed by atoms with Crippen LogP contribution in [0.4, 0.5) is 0 Å². The van der Waals surface area contributed by atoms with Crippen molar-refractivity contribution in [3.05, 3.63) is 24.3 Å². The van der Waals surface area contributed by atoms with Crippen LogP contribution in [0.3, 0.4) is 0 Å². The molecule has 4 bridgehead atoms. The van der Waals surface area contributed by atoms with E-state index in [1.54, 1.807) is 0 Å². The minimum absolute atomic E-state index is 0.0428. The Morgan fingerprint density at radius 2 is 1.69 bits per heavy atom. The fourth-order valence-electron chi connectivity index (χ4n) is 3.33. The quantitative estimate of drug-likeness (QED) is 0.406. The first-order chi connectivity index (χ1) is 6.36. The van der Waals surface area contributed by atoms with E-state index in [0.717, 1.165) is 0 Å². The molecule has 1 aliphatic heterocycles. The van der Waals surface area contributed by atoms with Gasteiger partial charge in [0.1, 0.15) is 6.10 Å². The van der Waals surface area contributed by atoms with Gasteiger partial charge in [-0.1, -0.05) is 18.2 Å². The van der Waals surface area contributed by atoms with E-state index in [2.05, 4.69) is 24.3 Å². The molecule has 4 aliphatic rings. The van der Waals surface area contributed by atoms with E-state index in [1.165, 1.54) is 0 Å². The van der Waals surface area contributed by atoms with Crippen molar-refractivity contribution in [2.75, 3.05) is 0 Å². The summed E-state index contributed by atoms with van der Waals surface area (Å²) < 4.78 is 5.32. The molecule has 0 N–H and O–H groups in total. The van der Waals surface area contributed by atoms with Crippen LogP contribution in [0.5, 0.6) is 0 Å². The van der Waals surface area contributed by atoms with Gasteiger partial charge in [-0.3, -0.25) is 4.79 Å². The topological polar surface area (TPSA) is 26.3 Å². The Hall–Kier alpha value is -1.05. The van der Waals surface area contributed by atoms with Gasteiger partial charge in [-0.25, -0.2) is 0 Å². The van der Waals surface area contributed by atoms with Gasteiger partial charge < -0.3 is 4.74 Å². The van der Waals surface area contributed by atoms with Gasteiger partial charge in [-0.05, 0) is 23.8 Å². The average Bonchev–Trinajstić information content (AvgIpc) is 2.72. The Balaban J connectivity index is 1.94. The van der Waals surface area contributed by atoms with Crippen molar-refractivity contribution in [1.29, 1.82) is 0 Å². The zero-order valence-electron chi connectivity index (χ0n) is 7.09. The van der Waals surface area contributed by atoms with Crippen molar-refractivity contribution in [1.82, 2.24) is 0 Å². The highest BCUT2D eigenvalue weighted by atomic mass is 16.6. The fourth-order valence-corrected chi connectivity index (χ4v) is 3.33. The summed E-state index contributed by atoms with van der Waals surface area (Å²) in [6.07, 6.45) is 8.88. The molecule has 0 aromatic carbocycles. The van der Waals surface area contributed by atoms with E-state index >= 15 is 0 Å². The number of allylic oxidation sites excluding steroid dienone is 2. The van der Waals surface area contributed by atoms with Gasteiger partial charge in [-0.2, -0.15) is 0 Å². The van der Waals surface area contributed by atoms with Gasteiger partial charge >= 0.3 is 5.97 Å². The second kappa shape index (κ2) is 1.74. The molecule has 1 saturated carbocycles. The third-order valence-electron chi connectivity index (χ3n) is 4.00. The molecule has 0 unspecified atom stereocenters. The maximum Gasteiger partial charge on any atom is 0.310 e. The van der Waals surface area contributed by atoms with Gasteiger partial charge in [0, 0.05) is 5.92 Å². The SMILES string of the molecule is O=C1O[C@H]2C=C[C@@H]3[C@H]4C=C[C@H]2[C@H]1[C@H]43. The van der Waals surface area contributed by atoms with Gasteiger partial charge in [-0.15, -0.1) is 0 Å². The van der Waals surface area contributed by atoms with Crippen LogP contribution in [-0.4, -0.2) is 12.1 Å². The molecule has 2 fully saturated rings. The Morgan fingerprint density at radius 3 is 2.54 bits per heavy atom. The van der Waals surface area contributed by atoms with Crippen LogP contribution in [0.2, 0.25) is 0 Å². The lowest BCUT2D eigenvalue weighted by Crippen LogP contribution is -2.21. The molecular formula is C11H10O2. The molecule has 0 aromatic rings. The average molecular weight is 174 g/mol. The Morgan fingerprint density at radius 1 is 1.00 bits per heavy atom. The second-order valence-corrected chi connectivity index (χ2v) is 4.51. The zero-order chi connectivity index (χ0) is 8.58. The van der Waals surface area contributed by atoms with Crippen molar-refractivity contribution in [2.45, 2.75) is 6.10 Å². The highest BCUT2D eigenvalue weighted by molar-refractivity contribution is 5.78. The molecule has 2 heteroatoms. The lowest BCUT2D eigenvalue weighted by Gasteiger charge is -2.16. The maximum atomic E-state index is 11.5. The van der Waals surface area contributed by atoms with Gasteiger partial charge in [0.15, 0.2) is 0 Å². The van der Waals surface area contributed by atoms with Crippen LogP contribution in [0, 0.1) is 29.6 Å². The van der Waals surface area contributed by atoms with Crippen molar-refractivity contribution in [3.8, 4) is 0 Å². The minimum Gasteiger partial charge on any atom is -0.457 e. The molecule has 1 heterocycles. The van der Waals surface area contributed by atoms with E-state index in [1.807, 2.05) is 0 Å². The predicted molar refractivity (Wildman–Crippen MR) is 45.6 cm³/mol. The summed E-state index contributed by atoms with van der Waals surface area (Å²) in [4.78, 5) is 11.5. The van der Waals surface area contributed by atoms with Crippen LogP contribution in [0.15, 0.2) is 24.3 Å². The largest absolute Gasteiger partial charge is 0.457 e. The molecular weight excluding hydrogens is 164 g/mol. The lowest BCUT2D eigenvalue weighted by atomic mass is 9.83. The highest BCUT2D eigenvalue weighted by Crippen LogP contribution is 2.62. The number of hydrogen-bond donors (Lipinski definition) is 0. The molecule has 0 radical (unpaired) electrons. The third kappa shape index (κ3) is 0.578. The van der Waals surface area contributed by atoms with Crippen molar-refractivity contribution >= 4 is 5.97 Å². The first kappa shape index (κ1) is 6.41. The van der Waals surface area contributed by atoms with E-state index in [9.17, 15) is 4.79 Å². The number of esters is 1. The molecule has 4 rings (SSSR count). The summed E-state index contributed by atoms with van der Waals surface area (Å²) in [6.45, 7) is 0. The lowest BCUT2D eigenvalue weighted by molar-refractivity contribution is -0.143. The first-order valence-electron chi connectivity index (χ1n) is 4.93. The monoisotopic (exact) mass is 174 g/mol. The molecule has 2 nitrogen and oxygen atoms in total. The zero-order valence-corrected chi connectivity index (χ0v) is 7.09. The molecule has 3 aliphatic carbocycles.